The molecule has 4 aromatic rings. The lowest BCUT2D eigenvalue weighted by molar-refractivity contribution is -0.157. The number of hydrogen-bond donors (Lipinski definition) is 1. The van der Waals surface area contributed by atoms with Gasteiger partial charge >= 0.3 is 12.1 Å². The molecule has 0 saturated carbocycles. The fourth-order valence-electron chi connectivity index (χ4n) is 4.76. The second kappa shape index (κ2) is 17.1. The lowest BCUT2D eigenvalue weighted by Crippen LogP contribution is -2.45. The van der Waals surface area contributed by atoms with Crippen molar-refractivity contribution in [3.8, 4) is 28.3 Å². The summed E-state index contributed by atoms with van der Waals surface area (Å²) in [5.74, 6) is 0.920. The predicted molar refractivity (Wildman–Crippen MR) is 180 cm³/mol. The number of aromatic nitrogens is 2. The van der Waals surface area contributed by atoms with E-state index in [0.29, 0.717) is 5.82 Å². The summed E-state index contributed by atoms with van der Waals surface area (Å²) in [6.45, 7) is 8.42. The van der Waals surface area contributed by atoms with Crippen LogP contribution >= 0.6 is 0 Å². The quantitative estimate of drug-likeness (QED) is 0.105. The van der Waals surface area contributed by atoms with E-state index >= 15 is 0 Å². The fourth-order valence-corrected chi connectivity index (χ4v) is 4.76. The van der Waals surface area contributed by atoms with Gasteiger partial charge in [-0.25, -0.2) is 19.6 Å². The van der Waals surface area contributed by atoms with Crippen LogP contribution in [-0.4, -0.2) is 40.3 Å². The molecule has 0 aliphatic heterocycles. The topological polar surface area (TPSA) is 99.6 Å². The van der Waals surface area contributed by atoms with E-state index in [1.165, 1.54) is 25.7 Å². The third-order valence-corrected chi connectivity index (χ3v) is 7.20. The zero-order valence-corrected chi connectivity index (χ0v) is 27.3. The third kappa shape index (κ3) is 11.3. The molecule has 1 heterocycles. The number of benzene rings is 3. The summed E-state index contributed by atoms with van der Waals surface area (Å²) >= 11 is 0. The minimum Gasteiger partial charge on any atom is -0.494 e. The molecule has 0 aliphatic rings. The molecule has 0 bridgehead atoms. The van der Waals surface area contributed by atoms with Gasteiger partial charge in [0.05, 0.1) is 6.61 Å². The van der Waals surface area contributed by atoms with E-state index in [2.05, 4.69) is 22.2 Å². The molecule has 1 aromatic heterocycles. The molecular formula is C38H45N3O5. The second-order valence-electron chi connectivity index (χ2n) is 12.3. The SMILES string of the molecule is CCCCCCCOc1ccc(-c2cnc(-c3ccc(CC(NC(=O)OCc4ccccc4)C(=O)OC(C)(C)C)cc3)nc2)cc1. The Kier molecular flexibility index (Phi) is 12.7. The van der Waals surface area contributed by atoms with Crippen LogP contribution in [0.3, 0.4) is 0 Å². The van der Waals surface area contributed by atoms with Gasteiger partial charge in [-0.3, -0.25) is 0 Å². The van der Waals surface area contributed by atoms with Crippen molar-refractivity contribution in [1.29, 1.82) is 0 Å². The van der Waals surface area contributed by atoms with Gasteiger partial charge in [-0.2, -0.15) is 0 Å². The van der Waals surface area contributed by atoms with Crippen LogP contribution in [0.4, 0.5) is 4.79 Å². The molecule has 1 atom stereocenters. The summed E-state index contributed by atoms with van der Waals surface area (Å²) in [4.78, 5) is 34.8. The van der Waals surface area contributed by atoms with Gasteiger partial charge in [-0.05, 0) is 56.0 Å². The molecule has 1 N–H and O–H groups in total. The summed E-state index contributed by atoms with van der Waals surface area (Å²) < 4.78 is 16.8. The van der Waals surface area contributed by atoms with E-state index in [1.54, 1.807) is 20.8 Å². The number of carbonyl (C=O) groups is 2. The van der Waals surface area contributed by atoms with E-state index in [9.17, 15) is 9.59 Å². The Morgan fingerprint density at radius 3 is 2.07 bits per heavy atom. The molecule has 0 fully saturated rings. The molecule has 0 aliphatic carbocycles. The molecule has 46 heavy (non-hydrogen) atoms. The van der Waals surface area contributed by atoms with Crippen molar-refractivity contribution < 1.29 is 23.8 Å². The predicted octanol–water partition coefficient (Wildman–Crippen LogP) is 8.34. The maximum Gasteiger partial charge on any atom is 0.408 e. The van der Waals surface area contributed by atoms with Gasteiger partial charge in [-0.15, -0.1) is 0 Å². The van der Waals surface area contributed by atoms with E-state index in [4.69, 9.17) is 14.2 Å². The average molecular weight is 624 g/mol. The number of hydrogen-bond acceptors (Lipinski definition) is 7. The zero-order valence-electron chi connectivity index (χ0n) is 27.3. The highest BCUT2D eigenvalue weighted by Crippen LogP contribution is 2.24. The first-order chi connectivity index (χ1) is 22.2. The van der Waals surface area contributed by atoms with Crippen molar-refractivity contribution in [3.05, 3.63) is 102 Å². The largest absolute Gasteiger partial charge is 0.494 e. The van der Waals surface area contributed by atoms with Crippen molar-refractivity contribution in [2.24, 2.45) is 0 Å². The van der Waals surface area contributed by atoms with Crippen molar-refractivity contribution >= 4 is 12.1 Å². The molecule has 0 radical (unpaired) electrons. The molecule has 1 amide bonds. The van der Waals surface area contributed by atoms with Gasteiger partial charge in [-0.1, -0.05) is 99.3 Å². The van der Waals surface area contributed by atoms with E-state index in [0.717, 1.165) is 46.6 Å². The van der Waals surface area contributed by atoms with Gasteiger partial charge in [0, 0.05) is 29.9 Å². The van der Waals surface area contributed by atoms with Gasteiger partial charge < -0.3 is 19.5 Å². The van der Waals surface area contributed by atoms with Crippen LogP contribution in [0.15, 0.2) is 91.3 Å². The zero-order chi connectivity index (χ0) is 32.8. The van der Waals surface area contributed by atoms with Gasteiger partial charge in [0.25, 0.3) is 0 Å². The highest BCUT2D eigenvalue weighted by Gasteiger charge is 2.27. The summed E-state index contributed by atoms with van der Waals surface area (Å²) in [5, 5.41) is 2.68. The first-order valence-electron chi connectivity index (χ1n) is 16.0. The molecule has 242 valence electrons. The Bertz CT molecular complexity index is 1500. The van der Waals surface area contributed by atoms with Gasteiger partial charge in [0.2, 0.25) is 0 Å². The molecule has 0 spiro atoms. The monoisotopic (exact) mass is 623 g/mol. The Balaban J connectivity index is 1.34. The van der Waals surface area contributed by atoms with Crippen LogP contribution in [0.2, 0.25) is 0 Å². The van der Waals surface area contributed by atoms with Crippen molar-refractivity contribution in [3.63, 3.8) is 0 Å². The smallest absolute Gasteiger partial charge is 0.408 e. The Morgan fingerprint density at radius 2 is 1.41 bits per heavy atom. The number of esters is 1. The summed E-state index contributed by atoms with van der Waals surface area (Å²) in [6, 6.07) is 24.0. The highest BCUT2D eigenvalue weighted by molar-refractivity contribution is 5.82. The number of nitrogens with one attached hydrogen (secondary N) is 1. The fraction of sp³-hybridized carbons (Fsp3) is 0.368. The molecule has 0 saturated heterocycles. The van der Waals surface area contributed by atoms with Crippen LogP contribution < -0.4 is 10.1 Å². The molecule has 3 aromatic carbocycles. The second-order valence-corrected chi connectivity index (χ2v) is 12.3. The maximum absolute atomic E-state index is 13.0. The standard InChI is InChI=1S/C38H45N3O5/c1-5-6-7-8-12-23-44-33-21-19-30(20-22-33)32-25-39-35(40-26-32)31-17-15-28(16-18-31)24-34(36(42)46-38(2,3)4)41-37(43)45-27-29-13-10-9-11-14-29/h9-11,13-22,25-26,34H,5-8,12,23-24,27H2,1-4H3,(H,41,43). The molecule has 1 unspecified atom stereocenters. The van der Waals surface area contributed by atoms with Crippen LogP contribution in [0.25, 0.3) is 22.5 Å². The third-order valence-electron chi connectivity index (χ3n) is 7.20. The number of amides is 1. The normalized spacial score (nSPS) is 11.8. The highest BCUT2D eigenvalue weighted by atomic mass is 16.6. The maximum atomic E-state index is 13.0. The summed E-state index contributed by atoms with van der Waals surface area (Å²) in [5.41, 5.74) is 3.74. The molecule has 4 rings (SSSR count). The Morgan fingerprint density at radius 1 is 0.761 bits per heavy atom. The van der Waals surface area contributed by atoms with E-state index in [1.807, 2.05) is 91.3 Å². The van der Waals surface area contributed by atoms with Crippen LogP contribution in [0, 0.1) is 0 Å². The summed E-state index contributed by atoms with van der Waals surface area (Å²) in [6.07, 6.45) is 9.22. The Labute approximate surface area is 272 Å². The van der Waals surface area contributed by atoms with E-state index < -0.39 is 23.7 Å². The number of alkyl carbamates (subject to hydrolysis) is 1. The number of carbonyl (C=O) groups excluding carboxylic acids is 2. The minimum absolute atomic E-state index is 0.0974. The number of ether oxygens (including phenoxy) is 3. The number of unbranched alkanes of at least 4 members (excludes halogenated alkanes) is 4. The lowest BCUT2D eigenvalue weighted by atomic mass is 10.0. The number of nitrogens with zero attached hydrogens (tertiary/aromatic N) is 2. The van der Waals surface area contributed by atoms with Crippen molar-refractivity contribution in [2.45, 2.75) is 84.5 Å². The average Bonchev–Trinajstić information content (AvgIpc) is 3.05. The summed E-state index contributed by atoms with van der Waals surface area (Å²) in [7, 11) is 0. The Hall–Kier alpha value is -4.72. The molecular weight excluding hydrogens is 578 g/mol. The van der Waals surface area contributed by atoms with Crippen LogP contribution in [0.1, 0.15) is 70.9 Å². The van der Waals surface area contributed by atoms with E-state index in [-0.39, 0.29) is 13.0 Å². The van der Waals surface area contributed by atoms with Gasteiger partial charge in [0.15, 0.2) is 5.82 Å². The van der Waals surface area contributed by atoms with Crippen LogP contribution in [0.5, 0.6) is 5.75 Å². The minimum atomic E-state index is -0.925. The molecule has 8 heteroatoms. The number of rotatable bonds is 15. The van der Waals surface area contributed by atoms with Crippen LogP contribution in [-0.2, 0) is 27.3 Å². The lowest BCUT2D eigenvalue weighted by Gasteiger charge is -2.24. The van der Waals surface area contributed by atoms with Gasteiger partial charge in [0.1, 0.15) is 24.0 Å². The first kappa shape index (κ1) is 34.2. The van der Waals surface area contributed by atoms with Crippen molar-refractivity contribution in [1.82, 2.24) is 15.3 Å². The molecule has 8 nitrogen and oxygen atoms in total. The van der Waals surface area contributed by atoms with Crippen molar-refractivity contribution in [2.75, 3.05) is 6.61 Å². The first-order valence-corrected chi connectivity index (χ1v) is 16.0.